The molecule has 2 heteroatoms. The third kappa shape index (κ3) is 1.46. The fourth-order valence-corrected chi connectivity index (χ4v) is 1.26. The minimum absolute atomic E-state index is 0.0512. The first-order valence-corrected chi connectivity index (χ1v) is 3.84. The number of aromatic nitrogens is 1. The second-order valence-electron chi connectivity index (χ2n) is 2.82. The summed E-state index contributed by atoms with van der Waals surface area (Å²) in [6.45, 7) is 3.89. The average Bonchev–Trinajstić information content (AvgIpc) is 2.03. The van der Waals surface area contributed by atoms with E-state index in [4.69, 9.17) is 12.2 Å². The van der Waals surface area contributed by atoms with E-state index in [0.29, 0.717) is 5.69 Å². The van der Waals surface area contributed by atoms with E-state index in [9.17, 15) is 0 Å². The van der Waals surface area contributed by atoms with Crippen molar-refractivity contribution in [3.63, 3.8) is 0 Å². The van der Waals surface area contributed by atoms with Crippen LogP contribution < -0.4 is 5.73 Å². The smallest absolute Gasteiger partial charge is 0.117 e. The number of nitrogens with zero attached hydrogens (tertiary/aromatic N) is 1. The van der Waals surface area contributed by atoms with Gasteiger partial charge in [0.05, 0.1) is 0 Å². The molecular weight excluding hydrogens is 148 g/mol. The summed E-state index contributed by atoms with van der Waals surface area (Å²) in [5.74, 6) is 2.53. The van der Waals surface area contributed by atoms with Gasteiger partial charge in [-0.25, -0.2) is 4.98 Å². The van der Waals surface area contributed by atoms with Crippen LogP contribution in [0.25, 0.3) is 0 Å². The van der Waals surface area contributed by atoms with Crippen molar-refractivity contribution in [1.29, 1.82) is 0 Å². The molecule has 0 spiro atoms. The molecule has 1 aromatic rings. The van der Waals surface area contributed by atoms with Crippen LogP contribution >= 0.6 is 0 Å². The molecule has 1 aromatic heterocycles. The van der Waals surface area contributed by atoms with Crippen LogP contribution in [-0.2, 0) is 0 Å². The van der Waals surface area contributed by atoms with Crippen LogP contribution in [0.5, 0.6) is 0 Å². The Hall–Kier alpha value is -1.33. The maximum atomic E-state index is 5.76. The molecule has 0 aromatic carbocycles. The number of terminal acetylenes is 1. The highest BCUT2D eigenvalue weighted by atomic mass is 14.7. The molecule has 2 nitrogen and oxygen atoms in total. The molecule has 0 saturated heterocycles. The standard InChI is InChI=1S/C10H12N2/c1-4-9-10(8(3)11)7(2)5-6-12-9/h1,5-6,8H,11H2,2-3H3. The maximum Gasteiger partial charge on any atom is 0.117 e. The van der Waals surface area contributed by atoms with Gasteiger partial charge in [-0.1, -0.05) is 0 Å². The largest absolute Gasteiger partial charge is 0.324 e. The van der Waals surface area contributed by atoms with E-state index >= 15 is 0 Å². The molecule has 0 aliphatic carbocycles. The van der Waals surface area contributed by atoms with Crippen LogP contribution in [0.2, 0.25) is 0 Å². The zero-order valence-corrected chi connectivity index (χ0v) is 7.33. The third-order valence-electron chi connectivity index (χ3n) is 1.80. The first-order valence-electron chi connectivity index (χ1n) is 3.84. The predicted molar refractivity (Wildman–Crippen MR) is 49.5 cm³/mol. The molecule has 0 aliphatic heterocycles. The van der Waals surface area contributed by atoms with Crippen LogP contribution in [-0.4, -0.2) is 4.98 Å². The molecule has 1 rings (SSSR count). The fourth-order valence-electron chi connectivity index (χ4n) is 1.26. The van der Waals surface area contributed by atoms with Crippen molar-refractivity contribution >= 4 is 0 Å². The monoisotopic (exact) mass is 160 g/mol. The van der Waals surface area contributed by atoms with E-state index in [1.807, 2.05) is 19.9 Å². The number of hydrogen-bond acceptors (Lipinski definition) is 2. The highest BCUT2D eigenvalue weighted by Gasteiger charge is 2.08. The first kappa shape index (κ1) is 8.76. The normalized spacial score (nSPS) is 12.2. The lowest BCUT2D eigenvalue weighted by Gasteiger charge is -2.10. The van der Waals surface area contributed by atoms with Gasteiger partial charge >= 0.3 is 0 Å². The van der Waals surface area contributed by atoms with E-state index in [1.54, 1.807) is 6.20 Å². The molecule has 0 amide bonds. The highest BCUT2D eigenvalue weighted by molar-refractivity contribution is 5.40. The van der Waals surface area contributed by atoms with Gasteiger partial charge in [0.2, 0.25) is 0 Å². The second-order valence-corrected chi connectivity index (χ2v) is 2.82. The van der Waals surface area contributed by atoms with Crippen LogP contribution in [0.4, 0.5) is 0 Å². The molecule has 0 fully saturated rings. The lowest BCUT2D eigenvalue weighted by molar-refractivity contribution is 0.799. The lowest BCUT2D eigenvalue weighted by Crippen LogP contribution is -2.10. The highest BCUT2D eigenvalue weighted by Crippen LogP contribution is 2.17. The van der Waals surface area contributed by atoms with Crippen molar-refractivity contribution in [2.24, 2.45) is 5.73 Å². The van der Waals surface area contributed by atoms with Crippen LogP contribution in [0, 0.1) is 19.3 Å². The topological polar surface area (TPSA) is 38.9 Å². The van der Waals surface area contributed by atoms with Gasteiger partial charge in [-0.3, -0.25) is 0 Å². The number of rotatable bonds is 1. The molecule has 12 heavy (non-hydrogen) atoms. The van der Waals surface area contributed by atoms with Gasteiger partial charge in [0.1, 0.15) is 5.69 Å². The van der Waals surface area contributed by atoms with E-state index in [0.717, 1.165) is 11.1 Å². The zero-order valence-electron chi connectivity index (χ0n) is 7.33. The lowest BCUT2D eigenvalue weighted by atomic mass is 10.0. The number of hydrogen-bond donors (Lipinski definition) is 1. The summed E-state index contributed by atoms with van der Waals surface area (Å²) >= 11 is 0. The van der Waals surface area contributed by atoms with Crippen LogP contribution in [0.3, 0.4) is 0 Å². The Kier molecular flexibility index (Phi) is 2.47. The van der Waals surface area contributed by atoms with E-state index in [1.165, 1.54) is 0 Å². The molecule has 1 atom stereocenters. The Morgan fingerprint density at radius 2 is 2.33 bits per heavy atom. The summed E-state index contributed by atoms with van der Waals surface area (Å²) in [6.07, 6.45) is 6.99. The van der Waals surface area contributed by atoms with Crippen molar-refractivity contribution in [2.75, 3.05) is 0 Å². The molecule has 1 unspecified atom stereocenters. The van der Waals surface area contributed by atoms with E-state index < -0.39 is 0 Å². The summed E-state index contributed by atoms with van der Waals surface area (Å²) < 4.78 is 0. The Labute approximate surface area is 72.8 Å². The molecule has 0 aliphatic rings. The fraction of sp³-hybridized carbons (Fsp3) is 0.300. The first-order chi connectivity index (χ1) is 5.66. The molecular formula is C10H12N2. The van der Waals surface area contributed by atoms with Gasteiger partial charge < -0.3 is 5.73 Å². The van der Waals surface area contributed by atoms with Crippen molar-refractivity contribution in [3.05, 3.63) is 29.1 Å². The molecule has 0 bridgehead atoms. The Morgan fingerprint density at radius 3 is 2.75 bits per heavy atom. The van der Waals surface area contributed by atoms with Gasteiger partial charge in [0, 0.05) is 17.8 Å². The average molecular weight is 160 g/mol. The minimum atomic E-state index is -0.0512. The Bertz CT molecular complexity index is 321. The SMILES string of the molecule is C#Cc1nccc(C)c1C(C)N. The predicted octanol–water partition coefficient (Wildman–Crippen LogP) is 1.39. The maximum absolute atomic E-state index is 5.76. The number of aryl methyl sites for hydroxylation is 1. The summed E-state index contributed by atoms with van der Waals surface area (Å²) in [5.41, 5.74) is 8.49. The number of nitrogens with two attached hydrogens (primary N) is 1. The van der Waals surface area contributed by atoms with Gasteiger partial charge in [-0.2, -0.15) is 0 Å². The molecule has 0 radical (unpaired) electrons. The molecule has 2 N–H and O–H groups in total. The van der Waals surface area contributed by atoms with Gasteiger partial charge in [0.25, 0.3) is 0 Å². The zero-order chi connectivity index (χ0) is 9.14. The van der Waals surface area contributed by atoms with Crippen LogP contribution in [0.15, 0.2) is 12.3 Å². The van der Waals surface area contributed by atoms with Crippen molar-refractivity contribution in [1.82, 2.24) is 4.98 Å². The Morgan fingerprint density at radius 1 is 1.67 bits per heavy atom. The van der Waals surface area contributed by atoms with E-state index in [2.05, 4.69) is 10.9 Å². The second kappa shape index (κ2) is 3.38. The van der Waals surface area contributed by atoms with Crippen LogP contribution in [0.1, 0.15) is 29.8 Å². The number of pyridine rings is 1. The van der Waals surface area contributed by atoms with Gasteiger partial charge in [-0.15, -0.1) is 6.42 Å². The van der Waals surface area contributed by atoms with Gasteiger partial charge in [-0.05, 0) is 31.4 Å². The van der Waals surface area contributed by atoms with Crippen molar-refractivity contribution < 1.29 is 0 Å². The summed E-state index contributed by atoms with van der Waals surface area (Å²) in [7, 11) is 0. The molecule has 0 saturated carbocycles. The summed E-state index contributed by atoms with van der Waals surface area (Å²) in [6, 6.07) is 1.87. The van der Waals surface area contributed by atoms with Crippen molar-refractivity contribution in [3.8, 4) is 12.3 Å². The molecule has 1 heterocycles. The quantitative estimate of drug-likeness (QED) is 0.630. The van der Waals surface area contributed by atoms with Crippen molar-refractivity contribution in [2.45, 2.75) is 19.9 Å². The van der Waals surface area contributed by atoms with Gasteiger partial charge in [0.15, 0.2) is 0 Å². The summed E-state index contributed by atoms with van der Waals surface area (Å²) in [4.78, 5) is 4.06. The minimum Gasteiger partial charge on any atom is -0.324 e. The Balaban J connectivity index is 3.32. The molecule has 62 valence electrons. The summed E-state index contributed by atoms with van der Waals surface area (Å²) in [5, 5.41) is 0. The van der Waals surface area contributed by atoms with E-state index in [-0.39, 0.29) is 6.04 Å². The third-order valence-corrected chi connectivity index (χ3v) is 1.80.